The summed E-state index contributed by atoms with van der Waals surface area (Å²) >= 11 is 1.75. The van der Waals surface area contributed by atoms with Crippen LogP contribution in [0.1, 0.15) is 78.4 Å². The van der Waals surface area contributed by atoms with Crippen LogP contribution in [-0.4, -0.2) is 12.6 Å². The Kier molecular flexibility index (Phi) is 5.57. The number of carbonyl (C=O) groups is 1. The smallest absolute Gasteiger partial charge is 0.339 e. The molecular formula is C21H25FO2S. The van der Waals surface area contributed by atoms with Crippen LogP contribution in [0, 0.1) is 5.82 Å². The molecule has 2 nitrogen and oxygen atoms in total. The van der Waals surface area contributed by atoms with Crippen molar-refractivity contribution >= 4 is 17.3 Å². The van der Waals surface area contributed by atoms with Crippen LogP contribution in [0.2, 0.25) is 0 Å². The Morgan fingerprint density at radius 3 is 2.44 bits per heavy atom. The minimum Gasteiger partial charge on any atom is -0.462 e. The summed E-state index contributed by atoms with van der Waals surface area (Å²) in [4.78, 5) is 15.1. The van der Waals surface area contributed by atoms with Crippen molar-refractivity contribution in [2.75, 3.05) is 6.61 Å². The maximum atomic E-state index is 13.4. The van der Waals surface area contributed by atoms with Crippen LogP contribution in [0.5, 0.6) is 0 Å². The van der Waals surface area contributed by atoms with Gasteiger partial charge in [-0.1, -0.05) is 38.8 Å². The highest BCUT2D eigenvalue weighted by Crippen LogP contribution is 2.48. The summed E-state index contributed by atoms with van der Waals surface area (Å²) in [7, 11) is 0. The van der Waals surface area contributed by atoms with E-state index < -0.39 is 0 Å². The van der Waals surface area contributed by atoms with Gasteiger partial charge in [-0.3, -0.25) is 0 Å². The SMILES string of the molecule is CCOC(=O)c1c(C(C)C)sc(C2CCCC2)c1-c1ccc(F)cc1. The van der Waals surface area contributed by atoms with Crippen LogP contribution in [0.3, 0.4) is 0 Å². The number of hydrogen-bond acceptors (Lipinski definition) is 3. The van der Waals surface area contributed by atoms with E-state index >= 15 is 0 Å². The number of carbonyl (C=O) groups excluding carboxylic acids is 1. The molecule has 1 saturated carbocycles. The van der Waals surface area contributed by atoms with Gasteiger partial charge in [0.25, 0.3) is 0 Å². The fourth-order valence-corrected chi connectivity index (χ4v) is 5.14. The summed E-state index contributed by atoms with van der Waals surface area (Å²) in [5.41, 5.74) is 2.57. The van der Waals surface area contributed by atoms with Crippen molar-refractivity contribution in [3.05, 3.63) is 45.4 Å². The molecule has 0 bridgehead atoms. The first-order valence-corrected chi connectivity index (χ1v) is 9.94. The van der Waals surface area contributed by atoms with Gasteiger partial charge in [-0.05, 0) is 49.3 Å². The Morgan fingerprint density at radius 1 is 1.24 bits per heavy atom. The van der Waals surface area contributed by atoms with E-state index in [0.29, 0.717) is 18.1 Å². The van der Waals surface area contributed by atoms with E-state index in [1.54, 1.807) is 23.5 Å². The Hall–Kier alpha value is -1.68. The van der Waals surface area contributed by atoms with Crippen LogP contribution in [0.25, 0.3) is 11.1 Å². The summed E-state index contributed by atoms with van der Waals surface area (Å²) < 4.78 is 18.8. The fourth-order valence-electron chi connectivity index (χ4n) is 3.66. The first kappa shape index (κ1) is 18.1. The fraction of sp³-hybridized carbons (Fsp3) is 0.476. The zero-order chi connectivity index (χ0) is 18.0. The first-order valence-electron chi connectivity index (χ1n) is 9.12. The van der Waals surface area contributed by atoms with E-state index in [0.717, 1.165) is 28.8 Å². The van der Waals surface area contributed by atoms with E-state index in [1.807, 2.05) is 6.92 Å². The lowest BCUT2D eigenvalue weighted by molar-refractivity contribution is 0.0526. The molecule has 4 heteroatoms. The molecule has 0 aliphatic heterocycles. The third-order valence-corrected chi connectivity index (χ3v) is 6.48. The van der Waals surface area contributed by atoms with Crippen molar-refractivity contribution in [1.82, 2.24) is 0 Å². The van der Waals surface area contributed by atoms with Gasteiger partial charge in [0.05, 0.1) is 12.2 Å². The molecule has 0 spiro atoms. The number of halogens is 1. The van der Waals surface area contributed by atoms with Gasteiger partial charge in [0, 0.05) is 15.3 Å². The number of thiophene rings is 1. The Labute approximate surface area is 153 Å². The summed E-state index contributed by atoms with van der Waals surface area (Å²) in [5.74, 6) is 0.221. The molecular weight excluding hydrogens is 335 g/mol. The molecule has 1 aliphatic rings. The van der Waals surface area contributed by atoms with Crippen LogP contribution in [0.4, 0.5) is 4.39 Å². The molecule has 2 aromatic rings. The number of esters is 1. The summed E-state index contributed by atoms with van der Waals surface area (Å²) in [6, 6.07) is 6.50. The van der Waals surface area contributed by atoms with Crippen LogP contribution in [-0.2, 0) is 4.74 Å². The van der Waals surface area contributed by atoms with Gasteiger partial charge in [-0.25, -0.2) is 9.18 Å². The van der Waals surface area contributed by atoms with Crippen LogP contribution >= 0.6 is 11.3 Å². The highest BCUT2D eigenvalue weighted by molar-refractivity contribution is 7.13. The van der Waals surface area contributed by atoms with Gasteiger partial charge in [0.1, 0.15) is 5.82 Å². The summed E-state index contributed by atoms with van der Waals surface area (Å²) in [5, 5.41) is 0. The van der Waals surface area contributed by atoms with Gasteiger partial charge in [0.15, 0.2) is 0 Å². The molecule has 25 heavy (non-hydrogen) atoms. The Balaban J connectivity index is 2.22. The maximum absolute atomic E-state index is 13.4. The maximum Gasteiger partial charge on any atom is 0.339 e. The van der Waals surface area contributed by atoms with Gasteiger partial charge < -0.3 is 4.74 Å². The van der Waals surface area contributed by atoms with Gasteiger partial charge in [-0.2, -0.15) is 0 Å². The molecule has 1 aromatic carbocycles. The molecule has 1 heterocycles. The monoisotopic (exact) mass is 360 g/mol. The lowest BCUT2D eigenvalue weighted by Crippen LogP contribution is -2.08. The first-order chi connectivity index (χ1) is 12.0. The van der Waals surface area contributed by atoms with Crippen molar-refractivity contribution in [2.45, 2.75) is 58.3 Å². The van der Waals surface area contributed by atoms with E-state index in [-0.39, 0.29) is 17.7 Å². The van der Waals surface area contributed by atoms with Gasteiger partial charge in [0.2, 0.25) is 0 Å². The molecule has 0 radical (unpaired) electrons. The highest BCUT2D eigenvalue weighted by Gasteiger charge is 2.31. The zero-order valence-corrected chi connectivity index (χ0v) is 15.9. The number of ether oxygens (including phenoxy) is 1. The second-order valence-electron chi connectivity index (χ2n) is 6.94. The van der Waals surface area contributed by atoms with E-state index in [1.165, 1.54) is 29.9 Å². The van der Waals surface area contributed by atoms with Crippen molar-refractivity contribution in [2.24, 2.45) is 0 Å². The minimum absolute atomic E-state index is 0.249. The molecule has 134 valence electrons. The third kappa shape index (κ3) is 3.64. The second-order valence-corrected chi connectivity index (χ2v) is 8.03. The Morgan fingerprint density at radius 2 is 1.88 bits per heavy atom. The molecule has 0 amide bonds. The summed E-state index contributed by atoms with van der Waals surface area (Å²) in [6.45, 7) is 6.41. The van der Waals surface area contributed by atoms with Crippen molar-refractivity contribution in [3.63, 3.8) is 0 Å². The standard InChI is InChI=1S/C21H25FO2S/c1-4-24-21(23)18-17(14-9-11-16(22)12-10-14)20(15-7-5-6-8-15)25-19(18)13(2)3/h9-13,15H,4-8H2,1-3H3. The predicted octanol–water partition coefficient (Wildman–Crippen LogP) is 6.51. The van der Waals surface area contributed by atoms with Crippen molar-refractivity contribution in [1.29, 1.82) is 0 Å². The average Bonchev–Trinajstić information content (AvgIpc) is 3.23. The molecule has 0 saturated heterocycles. The largest absolute Gasteiger partial charge is 0.462 e. The van der Waals surface area contributed by atoms with Crippen molar-refractivity contribution in [3.8, 4) is 11.1 Å². The highest BCUT2D eigenvalue weighted by atomic mass is 32.1. The van der Waals surface area contributed by atoms with Crippen LogP contribution < -0.4 is 0 Å². The predicted molar refractivity (Wildman–Crippen MR) is 101 cm³/mol. The lowest BCUT2D eigenvalue weighted by Gasteiger charge is -2.13. The second kappa shape index (κ2) is 7.69. The molecule has 0 atom stereocenters. The van der Waals surface area contributed by atoms with Crippen LogP contribution in [0.15, 0.2) is 24.3 Å². The quantitative estimate of drug-likeness (QED) is 0.568. The topological polar surface area (TPSA) is 26.3 Å². The molecule has 1 aromatic heterocycles. The zero-order valence-electron chi connectivity index (χ0n) is 15.1. The normalized spacial score (nSPS) is 15.1. The molecule has 0 N–H and O–H groups in total. The van der Waals surface area contributed by atoms with Crippen molar-refractivity contribution < 1.29 is 13.9 Å². The molecule has 1 aliphatic carbocycles. The summed E-state index contributed by atoms with van der Waals surface area (Å²) in [6.07, 6.45) is 4.79. The van der Waals surface area contributed by atoms with E-state index in [2.05, 4.69) is 13.8 Å². The lowest BCUT2D eigenvalue weighted by atomic mass is 9.92. The van der Waals surface area contributed by atoms with Gasteiger partial charge in [-0.15, -0.1) is 11.3 Å². The van der Waals surface area contributed by atoms with E-state index in [4.69, 9.17) is 4.74 Å². The number of rotatable bonds is 5. The number of benzene rings is 1. The average molecular weight is 360 g/mol. The Bertz CT molecular complexity index is 740. The number of hydrogen-bond donors (Lipinski definition) is 0. The van der Waals surface area contributed by atoms with E-state index in [9.17, 15) is 9.18 Å². The minimum atomic E-state index is -0.261. The van der Waals surface area contributed by atoms with Gasteiger partial charge >= 0.3 is 5.97 Å². The molecule has 0 unspecified atom stereocenters. The third-order valence-electron chi connectivity index (χ3n) is 4.83. The molecule has 1 fully saturated rings. The molecule has 3 rings (SSSR count).